The molecule has 0 bridgehead atoms. The Labute approximate surface area is 114 Å². The van der Waals surface area contributed by atoms with Crippen molar-refractivity contribution in [1.82, 2.24) is 9.97 Å². The highest BCUT2D eigenvalue weighted by atomic mass is 32.2. The van der Waals surface area contributed by atoms with E-state index in [0.717, 1.165) is 42.9 Å². The molecule has 100 valence electrons. The highest BCUT2D eigenvalue weighted by molar-refractivity contribution is 8.00. The van der Waals surface area contributed by atoms with Crippen molar-refractivity contribution >= 4 is 23.4 Å². The quantitative estimate of drug-likeness (QED) is 0.887. The molecule has 1 atom stereocenters. The number of hydrogen-bond donors (Lipinski definition) is 1. The Bertz CT molecular complexity index is 372. The zero-order chi connectivity index (χ0) is 12.8. The van der Waals surface area contributed by atoms with Crippen LogP contribution in [0.5, 0.6) is 0 Å². The van der Waals surface area contributed by atoms with Gasteiger partial charge in [0.1, 0.15) is 18.0 Å². The van der Waals surface area contributed by atoms with E-state index in [1.807, 2.05) is 0 Å². The summed E-state index contributed by atoms with van der Waals surface area (Å²) in [6.07, 6.45) is 4.00. The van der Waals surface area contributed by atoms with Gasteiger partial charge < -0.3 is 10.2 Å². The van der Waals surface area contributed by atoms with Crippen molar-refractivity contribution in [3.63, 3.8) is 0 Å². The monoisotopic (exact) mass is 266 g/mol. The summed E-state index contributed by atoms with van der Waals surface area (Å²) >= 11 is 2.08. The van der Waals surface area contributed by atoms with Crippen molar-refractivity contribution in [2.45, 2.75) is 31.9 Å². The highest BCUT2D eigenvalue weighted by Crippen LogP contribution is 2.25. The Kier molecular flexibility index (Phi) is 5.11. The second-order valence-electron chi connectivity index (χ2n) is 4.54. The predicted molar refractivity (Wildman–Crippen MR) is 79.6 cm³/mol. The molecule has 1 unspecified atom stereocenters. The van der Waals surface area contributed by atoms with Crippen LogP contribution in [0.3, 0.4) is 0 Å². The maximum Gasteiger partial charge on any atom is 0.134 e. The molecule has 4 nitrogen and oxygen atoms in total. The average Bonchev–Trinajstić information content (AvgIpc) is 2.45. The normalized spacial score (nSPS) is 19.9. The Morgan fingerprint density at radius 1 is 1.44 bits per heavy atom. The minimum absolute atomic E-state index is 0.737. The molecule has 0 spiro atoms. The summed E-state index contributed by atoms with van der Waals surface area (Å²) < 4.78 is 0. The first-order chi connectivity index (χ1) is 8.83. The van der Waals surface area contributed by atoms with E-state index in [2.05, 4.69) is 51.9 Å². The third-order valence-electron chi connectivity index (χ3n) is 3.13. The number of anilines is 2. The summed E-state index contributed by atoms with van der Waals surface area (Å²) in [6.45, 7) is 7.57. The van der Waals surface area contributed by atoms with E-state index in [4.69, 9.17) is 0 Å². The molecule has 1 aromatic heterocycles. The van der Waals surface area contributed by atoms with Gasteiger partial charge in [-0.1, -0.05) is 13.8 Å². The van der Waals surface area contributed by atoms with Crippen LogP contribution in [0.4, 0.5) is 11.6 Å². The third kappa shape index (κ3) is 3.51. The zero-order valence-corrected chi connectivity index (χ0v) is 12.0. The Morgan fingerprint density at radius 3 is 3.11 bits per heavy atom. The summed E-state index contributed by atoms with van der Waals surface area (Å²) in [6, 6.07) is 2.07. The molecule has 18 heavy (non-hydrogen) atoms. The van der Waals surface area contributed by atoms with Gasteiger partial charge in [-0.05, 0) is 12.8 Å². The number of thioether (sulfide) groups is 1. The summed E-state index contributed by atoms with van der Waals surface area (Å²) in [7, 11) is 0. The van der Waals surface area contributed by atoms with Gasteiger partial charge in [0, 0.05) is 36.7 Å². The largest absolute Gasteiger partial charge is 0.370 e. The topological polar surface area (TPSA) is 41.0 Å². The van der Waals surface area contributed by atoms with E-state index in [0.29, 0.717) is 0 Å². The maximum absolute atomic E-state index is 4.41. The molecule has 0 amide bonds. The summed E-state index contributed by atoms with van der Waals surface area (Å²) in [5, 5.41) is 4.05. The minimum Gasteiger partial charge on any atom is -0.370 e. The first kappa shape index (κ1) is 13.5. The van der Waals surface area contributed by atoms with E-state index in [1.165, 1.54) is 12.2 Å². The van der Waals surface area contributed by atoms with Gasteiger partial charge in [0.15, 0.2) is 0 Å². The smallest absolute Gasteiger partial charge is 0.134 e. The van der Waals surface area contributed by atoms with Crippen molar-refractivity contribution in [3.05, 3.63) is 12.4 Å². The average molecular weight is 266 g/mol. The number of aromatic nitrogens is 2. The van der Waals surface area contributed by atoms with Crippen molar-refractivity contribution in [1.29, 1.82) is 0 Å². The lowest BCUT2D eigenvalue weighted by Crippen LogP contribution is -2.38. The van der Waals surface area contributed by atoms with E-state index >= 15 is 0 Å². The molecule has 0 aliphatic carbocycles. The molecule has 0 radical (unpaired) electrons. The minimum atomic E-state index is 0.737. The lowest BCUT2D eigenvalue weighted by Gasteiger charge is -2.32. The summed E-state index contributed by atoms with van der Waals surface area (Å²) in [5.41, 5.74) is 0. The molecule has 2 rings (SSSR count). The molecule has 1 aromatic rings. The lowest BCUT2D eigenvalue weighted by atomic mass is 10.3. The third-order valence-corrected chi connectivity index (χ3v) is 4.50. The summed E-state index contributed by atoms with van der Waals surface area (Å²) in [4.78, 5) is 11.0. The van der Waals surface area contributed by atoms with Crippen molar-refractivity contribution < 1.29 is 0 Å². The Balaban J connectivity index is 2.02. The van der Waals surface area contributed by atoms with E-state index in [-0.39, 0.29) is 0 Å². The van der Waals surface area contributed by atoms with Gasteiger partial charge >= 0.3 is 0 Å². The fraction of sp³-hybridized carbons (Fsp3) is 0.692. The molecule has 1 saturated heterocycles. The van der Waals surface area contributed by atoms with Crippen molar-refractivity contribution in [3.8, 4) is 0 Å². The Morgan fingerprint density at radius 2 is 2.33 bits per heavy atom. The van der Waals surface area contributed by atoms with Crippen molar-refractivity contribution in [2.75, 3.05) is 35.6 Å². The zero-order valence-electron chi connectivity index (χ0n) is 11.2. The van der Waals surface area contributed by atoms with Crippen LogP contribution in [0.1, 0.15) is 26.7 Å². The molecule has 1 fully saturated rings. The van der Waals surface area contributed by atoms with Crippen molar-refractivity contribution in [2.24, 2.45) is 0 Å². The second-order valence-corrected chi connectivity index (χ2v) is 5.94. The van der Waals surface area contributed by atoms with Gasteiger partial charge in [-0.3, -0.25) is 0 Å². The van der Waals surface area contributed by atoms with Crippen LogP contribution in [0.25, 0.3) is 0 Å². The van der Waals surface area contributed by atoms with Crippen LogP contribution in [-0.4, -0.2) is 40.6 Å². The molecule has 0 aromatic carbocycles. The molecule has 1 N–H and O–H groups in total. The molecule has 2 heterocycles. The van der Waals surface area contributed by atoms with Gasteiger partial charge in [0.25, 0.3) is 0 Å². The molecular formula is C13H22N4S. The lowest BCUT2D eigenvalue weighted by molar-refractivity contribution is 0.719. The number of hydrogen-bond acceptors (Lipinski definition) is 5. The highest BCUT2D eigenvalue weighted by Gasteiger charge is 2.20. The van der Waals surface area contributed by atoms with Crippen LogP contribution < -0.4 is 10.2 Å². The number of nitrogens with zero attached hydrogens (tertiary/aromatic N) is 3. The van der Waals surface area contributed by atoms with Gasteiger partial charge in [-0.15, -0.1) is 0 Å². The van der Waals surface area contributed by atoms with Gasteiger partial charge in [0.05, 0.1) is 0 Å². The molecule has 0 saturated carbocycles. The van der Waals surface area contributed by atoms with E-state index in [1.54, 1.807) is 6.33 Å². The van der Waals surface area contributed by atoms with Crippen LogP contribution in [0.15, 0.2) is 12.4 Å². The van der Waals surface area contributed by atoms with E-state index in [9.17, 15) is 0 Å². The van der Waals surface area contributed by atoms with Gasteiger partial charge in [-0.25, -0.2) is 9.97 Å². The second kappa shape index (κ2) is 6.83. The van der Waals surface area contributed by atoms with Crippen LogP contribution >= 0.6 is 11.8 Å². The standard InChI is InChI=1S/C13H22N4S/c1-3-5-14-12-8-13(16-10-15-12)17-6-7-18-11(4-2)9-17/h8,10-11H,3-7,9H2,1-2H3,(H,14,15,16). The Hall–Kier alpha value is -0.970. The molecule has 1 aliphatic heterocycles. The molecule has 1 aliphatic rings. The number of nitrogens with one attached hydrogen (secondary N) is 1. The van der Waals surface area contributed by atoms with Crippen LogP contribution in [-0.2, 0) is 0 Å². The predicted octanol–water partition coefficient (Wildman–Crippen LogP) is 2.63. The molecular weight excluding hydrogens is 244 g/mol. The maximum atomic E-state index is 4.41. The fourth-order valence-electron chi connectivity index (χ4n) is 2.04. The van der Waals surface area contributed by atoms with E-state index < -0.39 is 0 Å². The summed E-state index contributed by atoms with van der Waals surface area (Å²) in [5.74, 6) is 3.19. The number of rotatable bonds is 5. The van der Waals surface area contributed by atoms with Gasteiger partial charge in [-0.2, -0.15) is 11.8 Å². The fourth-order valence-corrected chi connectivity index (χ4v) is 3.22. The first-order valence-corrected chi connectivity index (χ1v) is 7.80. The van der Waals surface area contributed by atoms with Gasteiger partial charge in [0.2, 0.25) is 0 Å². The van der Waals surface area contributed by atoms with Crippen LogP contribution in [0.2, 0.25) is 0 Å². The SMILES string of the molecule is CCCNc1cc(N2CCSC(CC)C2)ncn1. The van der Waals surface area contributed by atoms with Crippen LogP contribution in [0, 0.1) is 0 Å². The first-order valence-electron chi connectivity index (χ1n) is 6.76. The molecule has 5 heteroatoms.